The summed E-state index contributed by atoms with van der Waals surface area (Å²) in [4.78, 5) is 3.00. The Morgan fingerprint density at radius 2 is 2.05 bits per heavy atom. The molecule has 3 N–H and O–H groups in total. The summed E-state index contributed by atoms with van der Waals surface area (Å²) in [6.45, 7) is 0. The lowest BCUT2D eigenvalue weighted by atomic mass is 10.0. The zero-order chi connectivity index (χ0) is 14.0. The largest absolute Gasteiger partial charge is 0.497 e. The van der Waals surface area contributed by atoms with Gasteiger partial charge in [0.1, 0.15) is 5.75 Å². The maximum Gasteiger partial charge on any atom is 0.389 e. The van der Waals surface area contributed by atoms with Crippen molar-refractivity contribution in [2.24, 2.45) is 5.73 Å². The summed E-state index contributed by atoms with van der Waals surface area (Å²) in [6.07, 6.45) is -3.54. The van der Waals surface area contributed by atoms with Crippen molar-refractivity contribution in [3.8, 4) is 5.75 Å². The molecule has 0 fully saturated rings. The van der Waals surface area contributed by atoms with Gasteiger partial charge in [-0.15, -0.1) is 12.4 Å². The van der Waals surface area contributed by atoms with Crippen LogP contribution in [0.4, 0.5) is 13.2 Å². The van der Waals surface area contributed by atoms with E-state index < -0.39 is 18.6 Å². The lowest BCUT2D eigenvalue weighted by Crippen LogP contribution is -2.15. The van der Waals surface area contributed by atoms with E-state index in [2.05, 4.69) is 4.98 Å². The lowest BCUT2D eigenvalue weighted by Gasteiger charge is -2.12. The standard InChI is InChI=1S/C13H15F3N2O.ClH/c1-19-8-2-3-12-9(6-8)10(7-18-12)11(17)4-5-13(14,15)16;/h2-3,6-7,11,18H,4-5,17H2,1H3;1H/t11-;/m1./s1. The van der Waals surface area contributed by atoms with Crippen molar-refractivity contribution < 1.29 is 17.9 Å². The van der Waals surface area contributed by atoms with Crippen molar-refractivity contribution in [1.82, 2.24) is 4.98 Å². The maximum absolute atomic E-state index is 12.2. The molecule has 112 valence electrons. The minimum Gasteiger partial charge on any atom is -0.497 e. The first-order valence-electron chi connectivity index (χ1n) is 5.88. The van der Waals surface area contributed by atoms with Crippen LogP contribution in [0.1, 0.15) is 24.4 Å². The van der Waals surface area contributed by atoms with Crippen LogP contribution in [0.3, 0.4) is 0 Å². The number of nitrogens with two attached hydrogens (primary N) is 1. The highest BCUT2D eigenvalue weighted by molar-refractivity contribution is 5.85. The van der Waals surface area contributed by atoms with Gasteiger partial charge in [0.15, 0.2) is 0 Å². The molecule has 1 aromatic heterocycles. The van der Waals surface area contributed by atoms with Crippen LogP contribution < -0.4 is 10.5 Å². The van der Waals surface area contributed by atoms with E-state index in [1.165, 1.54) is 7.11 Å². The van der Waals surface area contributed by atoms with E-state index in [0.717, 1.165) is 10.9 Å². The van der Waals surface area contributed by atoms with Crippen LogP contribution in [0.2, 0.25) is 0 Å². The molecule has 0 aliphatic rings. The first kappa shape index (κ1) is 16.7. The van der Waals surface area contributed by atoms with Crippen LogP contribution in [0, 0.1) is 0 Å². The fourth-order valence-electron chi connectivity index (χ4n) is 2.03. The molecule has 7 heteroatoms. The van der Waals surface area contributed by atoms with Gasteiger partial charge in [-0.05, 0) is 30.2 Å². The van der Waals surface area contributed by atoms with Gasteiger partial charge < -0.3 is 15.5 Å². The molecule has 0 aliphatic carbocycles. The van der Waals surface area contributed by atoms with Crippen molar-refractivity contribution >= 4 is 23.3 Å². The monoisotopic (exact) mass is 308 g/mol. The van der Waals surface area contributed by atoms with E-state index in [1.807, 2.05) is 6.07 Å². The quantitative estimate of drug-likeness (QED) is 0.899. The average Bonchev–Trinajstić information content (AvgIpc) is 2.77. The van der Waals surface area contributed by atoms with Crippen LogP contribution in [0.5, 0.6) is 5.75 Å². The maximum atomic E-state index is 12.2. The second-order valence-electron chi connectivity index (χ2n) is 4.42. The number of fused-ring (bicyclic) bond motifs is 1. The Hall–Kier alpha value is -1.40. The topological polar surface area (TPSA) is 51.0 Å². The number of aromatic amines is 1. The van der Waals surface area contributed by atoms with Crippen molar-refractivity contribution in [2.75, 3.05) is 7.11 Å². The Bertz CT molecular complexity index is 568. The summed E-state index contributed by atoms with van der Waals surface area (Å²) in [5, 5.41) is 0.800. The lowest BCUT2D eigenvalue weighted by molar-refractivity contribution is -0.136. The van der Waals surface area contributed by atoms with Crippen molar-refractivity contribution in [3.05, 3.63) is 30.0 Å². The molecule has 0 unspecified atom stereocenters. The molecule has 3 nitrogen and oxygen atoms in total. The third-order valence-electron chi connectivity index (χ3n) is 3.06. The number of hydrogen-bond donors (Lipinski definition) is 2. The summed E-state index contributed by atoms with van der Waals surface area (Å²) < 4.78 is 41.7. The Kier molecular flexibility index (Phi) is 5.30. The Morgan fingerprint density at radius 3 is 2.65 bits per heavy atom. The summed E-state index contributed by atoms with van der Waals surface area (Å²) >= 11 is 0. The molecule has 0 saturated heterocycles. The number of H-pyrrole nitrogens is 1. The molecule has 1 heterocycles. The number of benzene rings is 1. The highest BCUT2D eigenvalue weighted by Crippen LogP contribution is 2.31. The third-order valence-corrected chi connectivity index (χ3v) is 3.06. The van der Waals surface area contributed by atoms with Gasteiger partial charge in [0, 0.05) is 29.6 Å². The molecule has 1 aromatic carbocycles. The fourth-order valence-corrected chi connectivity index (χ4v) is 2.03. The van der Waals surface area contributed by atoms with Gasteiger partial charge in [-0.3, -0.25) is 0 Å². The van der Waals surface area contributed by atoms with Crippen LogP contribution >= 0.6 is 12.4 Å². The van der Waals surface area contributed by atoms with E-state index in [-0.39, 0.29) is 18.8 Å². The van der Waals surface area contributed by atoms with E-state index in [4.69, 9.17) is 10.5 Å². The molecule has 0 bridgehead atoms. The molecular formula is C13H16ClF3N2O. The van der Waals surface area contributed by atoms with Gasteiger partial charge in [0.25, 0.3) is 0 Å². The zero-order valence-corrected chi connectivity index (χ0v) is 11.6. The van der Waals surface area contributed by atoms with Gasteiger partial charge in [0.05, 0.1) is 7.11 Å². The molecular weight excluding hydrogens is 293 g/mol. The normalized spacial score (nSPS) is 13.1. The second kappa shape index (κ2) is 6.37. The molecule has 0 radical (unpaired) electrons. The zero-order valence-electron chi connectivity index (χ0n) is 10.8. The highest BCUT2D eigenvalue weighted by Gasteiger charge is 2.28. The molecule has 2 rings (SSSR count). The van der Waals surface area contributed by atoms with Gasteiger partial charge in [-0.2, -0.15) is 13.2 Å². The number of nitrogens with one attached hydrogen (secondary N) is 1. The number of methoxy groups -OCH3 is 1. The number of halogens is 4. The van der Waals surface area contributed by atoms with E-state index in [1.54, 1.807) is 18.3 Å². The van der Waals surface area contributed by atoms with Gasteiger partial charge >= 0.3 is 6.18 Å². The van der Waals surface area contributed by atoms with E-state index in [0.29, 0.717) is 11.3 Å². The van der Waals surface area contributed by atoms with Crippen LogP contribution in [-0.2, 0) is 0 Å². The fraction of sp³-hybridized carbons (Fsp3) is 0.385. The molecule has 2 aromatic rings. The number of aromatic nitrogens is 1. The first-order chi connectivity index (χ1) is 8.90. The molecule has 20 heavy (non-hydrogen) atoms. The molecule has 1 atom stereocenters. The Balaban J connectivity index is 0.00000200. The van der Waals surface area contributed by atoms with Crippen LogP contribution in [0.25, 0.3) is 10.9 Å². The summed E-state index contributed by atoms with van der Waals surface area (Å²) in [5.41, 5.74) is 7.35. The Labute approximate surface area is 120 Å². The van der Waals surface area contributed by atoms with Crippen molar-refractivity contribution in [2.45, 2.75) is 25.1 Å². The minimum atomic E-state index is -4.18. The van der Waals surface area contributed by atoms with Crippen molar-refractivity contribution in [1.29, 1.82) is 0 Å². The van der Waals surface area contributed by atoms with E-state index in [9.17, 15) is 13.2 Å². The summed E-state index contributed by atoms with van der Waals surface area (Å²) in [5.74, 6) is 0.649. The van der Waals surface area contributed by atoms with Crippen LogP contribution in [-0.4, -0.2) is 18.3 Å². The van der Waals surface area contributed by atoms with E-state index >= 15 is 0 Å². The molecule has 0 amide bonds. The second-order valence-corrected chi connectivity index (χ2v) is 4.42. The number of alkyl halides is 3. The third kappa shape index (κ3) is 3.80. The average molecular weight is 309 g/mol. The first-order valence-corrected chi connectivity index (χ1v) is 5.88. The number of hydrogen-bond acceptors (Lipinski definition) is 2. The van der Waals surface area contributed by atoms with Gasteiger partial charge in [-0.1, -0.05) is 0 Å². The number of rotatable bonds is 4. The van der Waals surface area contributed by atoms with Crippen LogP contribution in [0.15, 0.2) is 24.4 Å². The minimum absolute atomic E-state index is 0. The highest BCUT2D eigenvalue weighted by atomic mass is 35.5. The molecule has 0 spiro atoms. The predicted molar refractivity (Wildman–Crippen MR) is 74.3 cm³/mol. The predicted octanol–water partition coefficient (Wildman–Crippen LogP) is 3.94. The number of ether oxygens (including phenoxy) is 1. The summed E-state index contributed by atoms with van der Waals surface area (Å²) in [7, 11) is 1.54. The van der Waals surface area contributed by atoms with Gasteiger partial charge in [-0.25, -0.2) is 0 Å². The molecule has 0 aliphatic heterocycles. The smallest absolute Gasteiger partial charge is 0.389 e. The van der Waals surface area contributed by atoms with Gasteiger partial charge in [0.2, 0.25) is 0 Å². The molecule has 0 saturated carbocycles. The summed E-state index contributed by atoms with van der Waals surface area (Å²) in [6, 6.07) is 4.72. The van der Waals surface area contributed by atoms with Crippen molar-refractivity contribution in [3.63, 3.8) is 0 Å². The Morgan fingerprint density at radius 1 is 1.35 bits per heavy atom. The SMILES string of the molecule is COc1ccc2[nH]cc([C@H](N)CCC(F)(F)F)c2c1.Cl.